The molecule has 1 aliphatic rings. The lowest BCUT2D eigenvalue weighted by atomic mass is 10.2. The lowest BCUT2D eigenvalue weighted by molar-refractivity contribution is -0.113. The third-order valence-electron chi connectivity index (χ3n) is 5.08. The molecule has 2 aromatic carbocycles. The number of nitrogens with zero attached hydrogens (tertiary/aromatic N) is 4. The summed E-state index contributed by atoms with van der Waals surface area (Å²) in [4.78, 5) is 14.8. The molecule has 0 bridgehead atoms. The number of morpholine rings is 1. The summed E-state index contributed by atoms with van der Waals surface area (Å²) >= 11 is 7.51. The lowest BCUT2D eigenvalue weighted by Gasteiger charge is -2.28. The first-order valence-electron chi connectivity index (χ1n) is 10.1. The summed E-state index contributed by atoms with van der Waals surface area (Å²) in [6.07, 6.45) is 0. The number of carbonyl (C=O) groups is 1. The van der Waals surface area contributed by atoms with Crippen LogP contribution >= 0.6 is 23.4 Å². The second-order valence-electron chi connectivity index (χ2n) is 7.30. The van der Waals surface area contributed by atoms with Crippen LogP contribution < -0.4 is 10.2 Å². The second kappa shape index (κ2) is 9.72. The minimum absolute atomic E-state index is 0.123. The van der Waals surface area contributed by atoms with Gasteiger partial charge in [-0.2, -0.15) is 0 Å². The summed E-state index contributed by atoms with van der Waals surface area (Å²) < 4.78 is 7.48. The number of nitrogens with one attached hydrogen (secondary N) is 1. The number of aryl methyl sites for hydroxylation is 1. The van der Waals surface area contributed by atoms with Crippen LogP contribution in [-0.2, 0) is 9.53 Å². The van der Waals surface area contributed by atoms with E-state index >= 15 is 0 Å². The molecule has 4 rings (SSSR count). The van der Waals surface area contributed by atoms with Crippen molar-refractivity contribution in [2.45, 2.75) is 19.0 Å². The zero-order valence-corrected chi connectivity index (χ0v) is 19.0. The van der Waals surface area contributed by atoms with Crippen LogP contribution in [0.5, 0.6) is 0 Å². The lowest BCUT2D eigenvalue weighted by Crippen LogP contribution is -2.37. The molecule has 3 aromatic rings. The Morgan fingerprint density at radius 3 is 2.61 bits per heavy atom. The van der Waals surface area contributed by atoms with Gasteiger partial charge in [-0.25, -0.2) is 0 Å². The maximum Gasteiger partial charge on any atom is 0.234 e. The van der Waals surface area contributed by atoms with Gasteiger partial charge in [0.1, 0.15) is 0 Å². The number of hydrogen-bond donors (Lipinski definition) is 1. The average Bonchev–Trinajstić information content (AvgIpc) is 3.21. The Morgan fingerprint density at radius 2 is 1.87 bits per heavy atom. The van der Waals surface area contributed by atoms with Crippen molar-refractivity contribution in [1.29, 1.82) is 0 Å². The summed E-state index contributed by atoms with van der Waals surface area (Å²) in [7, 11) is 0. The van der Waals surface area contributed by atoms with Crippen LogP contribution in [0.1, 0.15) is 11.1 Å². The van der Waals surface area contributed by atoms with Crippen LogP contribution in [0.15, 0.2) is 47.6 Å². The number of anilines is 2. The molecule has 1 N–H and O–H groups in total. The van der Waals surface area contributed by atoms with Crippen LogP contribution in [0, 0.1) is 13.8 Å². The second-order valence-corrected chi connectivity index (χ2v) is 8.65. The highest BCUT2D eigenvalue weighted by Crippen LogP contribution is 2.28. The number of amides is 1. The summed E-state index contributed by atoms with van der Waals surface area (Å²) in [5.74, 6) is 0.849. The Hall–Kier alpha value is -2.55. The van der Waals surface area contributed by atoms with Crippen molar-refractivity contribution in [3.63, 3.8) is 0 Å². The SMILES string of the molecule is Cc1ccc(-n2c(SCC(=O)Nc3cccc(Cl)c3C)nnc2N2CCOCC2)cc1. The first-order chi connectivity index (χ1) is 15.0. The molecule has 2 heterocycles. The fraction of sp³-hybridized carbons (Fsp3) is 0.318. The van der Waals surface area contributed by atoms with Crippen molar-refractivity contribution < 1.29 is 9.53 Å². The number of rotatable bonds is 6. The fourth-order valence-corrected chi connectivity index (χ4v) is 4.22. The number of aromatic nitrogens is 3. The number of hydrogen-bond acceptors (Lipinski definition) is 6. The Kier molecular flexibility index (Phi) is 6.80. The van der Waals surface area contributed by atoms with E-state index in [1.807, 2.05) is 35.8 Å². The zero-order valence-electron chi connectivity index (χ0n) is 17.5. The third kappa shape index (κ3) is 5.03. The van der Waals surface area contributed by atoms with E-state index in [2.05, 4.69) is 39.5 Å². The van der Waals surface area contributed by atoms with Crippen molar-refractivity contribution >= 4 is 40.9 Å². The molecule has 31 heavy (non-hydrogen) atoms. The Bertz CT molecular complexity index is 1060. The Labute approximate surface area is 190 Å². The molecule has 0 radical (unpaired) electrons. The number of benzene rings is 2. The van der Waals surface area contributed by atoms with Gasteiger partial charge in [-0.1, -0.05) is 47.1 Å². The zero-order chi connectivity index (χ0) is 21.8. The Morgan fingerprint density at radius 1 is 1.13 bits per heavy atom. The number of carbonyl (C=O) groups excluding carboxylic acids is 1. The normalized spacial score (nSPS) is 14.0. The molecule has 0 spiro atoms. The van der Waals surface area contributed by atoms with Crippen molar-refractivity contribution in [3.8, 4) is 5.69 Å². The van der Waals surface area contributed by atoms with E-state index in [1.165, 1.54) is 17.3 Å². The first-order valence-corrected chi connectivity index (χ1v) is 11.4. The molecule has 0 saturated carbocycles. The quantitative estimate of drug-likeness (QED) is 0.562. The highest BCUT2D eigenvalue weighted by atomic mass is 35.5. The molecule has 0 unspecified atom stereocenters. The van der Waals surface area contributed by atoms with Crippen molar-refractivity contribution in [3.05, 3.63) is 58.6 Å². The summed E-state index contributed by atoms with van der Waals surface area (Å²) in [6, 6.07) is 13.7. The van der Waals surface area contributed by atoms with Crippen LogP contribution in [0.25, 0.3) is 5.69 Å². The van der Waals surface area contributed by atoms with Gasteiger partial charge in [0.25, 0.3) is 0 Å². The third-order valence-corrected chi connectivity index (χ3v) is 6.41. The van der Waals surface area contributed by atoms with Crippen LogP contribution in [-0.4, -0.2) is 52.7 Å². The maximum atomic E-state index is 12.6. The topological polar surface area (TPSA) is 72.3 Å². The van der Waals surface area contributed by atoms with Gasteiger partial charge in [0.05, 0.1) is 24.7 Å². The van der Waals surface area contributed by atoms with E-state index in [9.17, 15) is 4.79 Å². The van der Waals surface area contributed by atoms with Crippen LogP contribution in [0.3, 0.4) is 0 Å². The van der Waals surface area contributed by atoms with E-state index in [1.54, 1.807) is 6.07 Å². The number of halogens is 1. The molecule has 1 fully saturated rings. The van der Waals surface area contributed by atoms with Gasteiger partial charge < -0.3 is 15.0 Å². The first kappa shape index (κ1) is 21.7. The van der Waals surface area contributed by atoms with Crippen LogP contribution in [0.2, 0.25) is 5.02 Å². The number of thioether (sulfide) groups is 1. The van der Waals surface area contributed by atoms with Gasteiger partial charge in [0.15, 0.2) is 5.16 Å². The smallest absolute Gasteiger partial charge is 0.234 e. The highest BCUT2D eigenvalue weighted by molar-refractivity contribution is 7.99. The molecule has 0 atom stereocenters. The van der Waals surface area contributed by atoms with E-state index < -0.39 is 0 Å². The van der Waals surface area contributed by atoms with Gasteiger partial charge >= 0.3 is 0 Å². The minimum atomic E-state index is -0.123. The predicted molar refractivity (Wildman–Crippen MR) is 125 cm³/mol. The van der Waals surface area contributed by atoms with Gasteiger partial charge in [-0.3, -0.25) is 9.36 Å². The van der Waals surface area contributed by atoms with E-state index in [0.717, 1.165) is 30.3 Å². The van der Waals surface area contributed by atoms with Gasteiger partial charge in [-0.15, -0.1) is 10.2 Å². The van der Waals surface area contributed by atoms with E-state index in [-0.39, 0.29) is 11.7 Å². The molecule has 7 nitrogen and oxygen atoms in total. The molecule has 1 saturated heterocycles. The highest BCUT2D eigenvalue weighted by Gasteiger charge is 2.22. The van der Waals surface area contributed by atoms with Crippen molar-refractivity contribution in [2.24, 2.45) is 0 Å². The van der Waals surface area contributed by atoms with Crippen molar-refractivity contribution in [1.82, 2.24) is 14.8 Å². The van der Waals surface area contributed by atoms with E-state index in [4.69, 9.17) is 16.3 Å². The summed E-state index contributed by atoms with van der Waals surface area (Å²) in [5, 5.41) is 13.1. The van der Waals surface area contributed by atoms with Gasteiger partial charge in [-0.05, 0) is 43.7 Å². The molecule has 9 heteroatoms. The number of ether oxygens (including phenoxy) is 1. The largest absolute Gasteiger partial charge is 0.378 e. The van der Waals surface area contributed by atoms with Gasteiger partial charge in [0.2, 0.25) is 11.9 Å². The molecule has 1 amide bonds. The maximum absolute atomic E-state index is 12.6. The summed E-state index contributed by atoms with van der Waals surface area (Å²) in [6.45, 7) is 6.76. The standard InChI is InChI=1S/C22H24ClN5O2S/c1-15-6-8-17(9-7-15)28-21(27-10-12-30-13-11-27)25-26-22(28)31-14-20(29)24-19-5-3-4-18(23)16(19)2/h3-9H,10-14H2,1-2H3,(H,24,29). The molecule has 1 aromatic heterocycles. The summed E-state index contributed by atoms with van der Waals surface area (Å²) in [5.41, 5.74) is 3.70. The van der Waals surface area contributed by atoms with Crippen LogP contribution in [0.4, 0.5) is 11.6 Å². The molecular formula is C22H24ClN5O2S. The average molecular weight is 458 g/mol. The van der Waals surface area contributed by atoms with Crippen molar-refractivity contribution in [2.75, 3.05) is 42.3 Å². The monoisotopic (exact) mass is 457 g/mol. The predicted octanol–water partition coefficient (Wildman–Crippen LogP) is 4.10. The fourth-order valence-electron chi connectivity index (χ4n) is 3.30. The molecule has 0 aliphatic carbocycles. The van der Waals surface area contributed by atoms with E-state index in [0.29, 0.717) is 29.1 Å². The minimum Gasteiger partial charge on any atom is -0.378 e. The Balaban J connectivity index is 1.54. The molecular weight excluding hydrogens is 434 g/mol. The van der Waals surface area contributed by atoms with Gasteiger partial charge in [0, 0.05) is 23.8 Å². The molecule has 1 aliphatic heterocycles. The molecule has 162 valence electrons.